The van der Waals surface area contributed by atoms with Crippen molar-refractivity contribution in [3.8, 4) is 0 Å². The van der Waals surface area contributed by atoms with Crippen LogP contribution in [0.3, 0.4) is 0 Å². The third-order valence-electron chi connectivity index (χ3n) is 3.01. The third-order valence-corrected chi connectivity index (χ3v) is 4.47. The number of aryl methyl sites for hydroxylation is 1. The van der Waals surface area contributed by atoms with Crippen LogP contribution in [0.5, 0.6) is 0 Å². The van der Waals surface area contributed by atoms with Gasteiger partial charge in [0.2, 0.25) is 0 Å². The minimum Gasteiger partial charge on any atom is -0.339 e. The minimum absolute atomic E-state index is 0.0507. The lowest BCUT2D eigenvalue weighted by Gasteiger charge is -2.40. The molecule has 6 nitrogen and oxygen atoms in total. The third kappa shape index (κ3) is 1.98. The van der Waals surface area contributed by atoms with Crippen molar-refractivity contribution < 1.29 is 8.42 Å². The van der Waals surface area contributed by atoms with Gasteiger partial charge in [-0.2, -0.15) is 0 Å². The fourth-order valence-electron chi connectivity index (χ4n) is 1.82. The summed E-state index contributed by atoms with van der Waals surface area (Å²) >= 11 is 0. The topological polar surface area (TPSA) is 90.0 Å². The van der Waals surface area contributed by atoms with Gasteiger partial charge in [-0.1, -0.05) is 0 Å². The largest absolute Gasteiger partial charge is 0.339 e. The predicted octanol–water partition coefficient (Wildman–Crippen LogP) is -0.420. The summed E-state index contributed by atoms with van der Waals surface area (Å²) in [5.74, 6) is 0. The molecule has 16 heavy (non-hydrogen) atoms. The number of rotatable bonds is 4. The molecule has 1 aromatic rings. The standard InChI is InChI=1S/C9H16N4O2S/c1-13-5-8(11-7-13)16(14,15)12-9(6-10)3-2-4-9/h5,7,12H,2-4,6,10H2,1H3. The van der Waals surface area contributed by atoms with E-state index in [2.05, 4.69) is 9.71 Å². The van der Waals surface area contributed by atoms with Crippen LogP contribution >= 0.6 is 0 Å². The fourth-order valence-corrected chi connectivity index (χ4v) is 3.27. The molecule has 1 heterocycles. The Morgan fingerprint density at radius 3 is 2.69 bits per heavy atom. The fraction of sp³-hybridized carbons (Fsp3) is 0.667. The van der Waals surface area contributed by atoms with E-state index in [-0.39, 0.29) is 5.03 Å². The molecule has 7 heteroatoms. The van der Waals surface area contributed by atoms with Crippen molar-refractivity contribution in [2.75, 3.05) is 6.54 Å². The van der Waals surface area contributed by atoms with Gasteiger partial charge in [-0.05, 0) is 19.3 Å². The number of nitrogens with one attached hydrogen (secondary N) is 1. The molecule has 3 N–H and O–H groups in total. The molecule has 0 aliphatic heterocycles. The Morgan fingerprint density at radius 2 is 2.31 bits per heavy atom. The molecule has 0 saturated heterocycles. The van der Waals surface area contributed by atoms with E-state index in [4.69, 9.17) is 5.73 Å². The van der Waals surface area contributed by atoms with Gasteiger partial charge in [0.05, 0.1) is 6.33 Å². The van der Waals surface area contributed by atoms with Crippen LogP contribution in [0.1, 0.15) is 19.3 Å². The molecule has 0 unspecified atom stereocenters. The summed E-state index contributed by atoms with van der Waals surface area (Å²) in [7, 11) is -1.80. The smallest absolute Gasteiger partial charge is 0.260 e. The van der Waals surface area contributed by atoms with Gasteiger partial charge in [0.1, 0.15) is 0 Å². The first-order valence-electron chi connectivity index (χ1n) is 5.19. The quantitative estimate of drug-likeness (QED) is 0.752. The number of hydrogen-bond donors (Lipinski definition) is 2. The average molecular weight is 244 g/mol. The zero-order chi connectivity index (χ0) is 11.8. The highest BCUT2D eigenvalue weighted by Crippen LogP contribution is 2.32. The first-order valence-corrected chi connectivity index (χ1v) is 6.68. The summed E-state index contributed by atoms with van der Waals surface area (Å²) in [5, 5.41) is 0.0507. The zero-order valence-electron chi connectivity index (χ0n) is 9.18. The van der Waals surface area contributed by atoms with Gasteiger partial charge < -0.3 is 10.3 Å². The van der Waals surface area contributed by atoms with Crippen LogP contribution in [0.25, 0.3) is 0 Å². The Hall–Kier alpha value is -0.920. The highest BCUT2D eigenvalue weighted by atomic mass is 32.2. The summed E-state index contributed by atoms with van der Waals surface area (Å²) in [6, 6.07) is 0. The van der Waals surface area contributed by atoms with Gasteiger partial charge in [0.15, 0.2) is 5.03 Å². The van der Waals surface area contributed by atoms with E-state index in [1.54, 1.807) is 11.6 Å². The molecule has 1 aromatic heterocycles. The monoisotopic (exact) mass is 244 g/mol. The maximum absolute atomic E-state index is 12.0. The van der Waals surface area contributed by atoms with Gasteiger partial charge in [0, 0.05) is 25.3 Å². The Kier molecular flexibility index (Phi) is 2.77. The Balaban J connectivity index is 2.20. The molecule has 0 bridgehead atoms. The molecule has 1 saturated carbocycles. The average Bonchev–Trinajstić information content (AvgIpc) is 2.59. The van der Waals surface area contributed by atoms with Crippen molar-refractivity contribution in [3.05, 3.63) is 12.5 Å². The van der Waals surface area contributed by atoms with Crippen molar-refractivity contribution in [3.63, 3.8) is 0 Å². The van der Waals surface area contributed by atoms with Crippen LogP contribution < -0.4 is 10.5 Å². The SMILES string of the molecule is Cn1cnc(S(=O)(=O)NC2(CN)CCC2)c1. The maximum Gasteiger partial charge on any atom is 0.260 e. The van der Waals surface area contributed by atoms with E-state index >= 15 is 0 Å². The van der Waals surface area contributed by atoms with Crippen molar-refractivity contribution in [2.45, 2.75) is 29.8 Å². The molecular weight excluding hydrogens is 228 g/mol. The van der Waals surface area contributed by atoms with Crippen LogP contribution in [-0.2, 0) is 17.1 Å². The molecule has 2 rings (SSSR count). The van der Waals surface area contributed by atoms with E-state index in [1.165, 1.54) is 12.5 Å². The lowest BCUT2D eigenvalue weighted by Crippen LogP contribution is -2.58. The van der Waals surface area contributed by atoms with Crippen molar-refractivity contribution in [1.82, 2.24) is 14.3 Å². The first-order chi connectivity index (χ1) is 7.47. The van der Waals surface area contributed by atoms with Crippen LogP contribution in [0.15, 0.2) is 17.6 Å². The number of nitrogens with two attached hydrogens (primary N) is 1. The zero-order valence-corrected chi connectivity index (χ0v) is 10.00. The van der Waals surface area contributed by atoms with Gasteiger partial charge in [-0.15, -0.1) is 0 Å². The summed E-state index contributed by atoms with van der Waals surface area (Å²) in [4.78, 5) is 3.84. The van der Waals surface area contributed by atoms with E-state index < -0.39 is 15.6 Å². The van der Waals surface area contributed by atoms with E-state index in [0.29, 0.717) is 6.54 Å². The van der Waals surface area contributed by atoms with Crippen molar-refractivity contribution in [1.29, 1.82) is 0 Å². The highest BCUT2D eigenvalue weighted by Gasteiger charge is 2.40. The Bertz CT molecular complexity index is 470. The molecule has 1 fully saturated rings. The molecule has 0 aromatic carbocycles. The summed E-state index contributed by atoms with van der Waals surface area (Å²) in [6.45, 7) is 0.332. The molecule has 0 atom stereocenters. The molecule has 90 valence electrons. The summed E-state index contributed by atoms with van der Waals surface area (Å²) < 4.78 is 28.2. The van der Waals surface area contributed by atoms with E-state index in [0.717, 1.165) is 19.3 Å². The number of imidazole rings is 1. The normalized spacial score (nSPS) is 19.4. The second kappa shape index (κ2) is 3.83. The van der Waals surface area contributed by atoms with Crippen LogP contribution in [0.4, 0.5) is 0 Å². The van der Waals surface area contributed by atoms with Crippen LogP contribution in [0.2, 0.25) is 0 Å². The number of nitrogens with zero attached hydrogens (tertiary/aromatic N) is 2. The molecular formula is C9H16N4O2S. The lowest BCUT2D eigenvalue weighted by atomic mass is 9.78. The Morgan fingerprint density at radius 1 is 1.62 bits per heavy atom. The highest BCUT2D eigenvalue weighted by molar-refractivity contribution is 7.89. The maximum atomic E-state index is 12.0. The van der Waals surface area contributed by atoms with E-state index in [1.807, 2.05) is 0 Å². The molecule has 0 radical (unpaired) electrons. The molecule has 0 spiro atoms. The Labute approximate surface area is 94.9 Å². The van der Waals surface area contributed by atoms with Crippen molar-refractivity contribution in [2.24, 2.45) is 12.8 Å². The van der Waals surface area contributed by atoms with E-state index in [9.17, 15) is 8.42 Å². The van der Waals surface area contributed by atoms with Gasteiger partial charge in [-0.25, -0.2) is 18.1 Å². The lowest BCUT2D eigenvalue weighted by molar-refractivity contribution is 0.230. The first kappa shape index (κ1) is 11.6. The van der Waals surface area contributed by atoms with Crippen LogP contribution in [0, 0.1) is 0 Å². The summed E-state index contributed by atoms with van der Waals surface area (Å²) in [6.07, 6.45) is 5.56. The van der Waals surface area contributed by atoms with Gasteiger partial charge in [0.25, 0.3) is 10.0 Å². The van der Waals surface area contributed by atoms with Gasteiger partial charge in [-0.3, -0.25) is 0 Å². The molecule has 1 aliphatic rings. The predicted molar refractivity (Wildman–Crippen MR) is 59.2 cm³/mol. The number of aromatic nitrogens is 2. The number of hydrogen-bond acceptors (Lipinski definition) is 4. The van der Waals surface area contributed by atoms with Gasteiger partial charge >= 0.3 is 0 Å². The number of sulfonamides is 1. The molecule has 1 aliphatic carbocycles. The summed E-state index contributed by atoms with van der Waals surface area (Å²) in [5.41, 5.74) is 5.16. The second-order valence-corrected chi connectivity index (χ2v) is 5.95. The van der Waals surface area contributed by atoms with Crippen molar-refractivity contribution >= 4 is 10.0 Å². The molecule has 0 amide bonds. The minimum atomic E-state index is -3.53. The second-order valence-electron chi connectivity index (χ2n) is 4.32. The van der Waals surface area contributed by atoms with Crippen LogP contribution in [-0.4, -0.2) is 30.1 Å².